The largest absolute Gasteiger partial charge is 0.382 e. The molecule has 1 N–H and O–H groups in total. The molecule has 2 amide bonds. The van der Waals surface area contributed by atoms with Gasteiger partial charge in [-0.2, -0.15) is 0 Å². The number of carbonyl (C=O) groups excluding carboxylic acids is 2. The van der Waals surface area contributed by atoms with Crippen molar-refractivity contribution < 1.29 is 19.1 Å². The maximum Gasteiger partial charge on any atom is 0.255 e. The number of likely N-dealkylation sites (tertiary alicyclic amines) is 1. The van der Waals surface area contributed by atoms with Crippen LogP contribution in [0.4, 0.5) is 0 Å². The van der Waals surface area contributed by atoms with Gasteiger partial charge in [0.2, 0.25) is 5.91 Å². The highest BCUT2D eigenvalue weighted by Crippen LogP contribution is 2.23. The second-order valence-electron chi connectivity index (χ2n) is 5.80. The van der Waals surface area contributed by atoms with E-state index in [0.717, 1.165) is 0 Å². The third kappa shape index (κ3) is 6.15. The van der Waals surface area contributed by atoms with Gasteiger partial charge in [-0.05, 0) is 31.0 Å². The van der Waals surface area contributed by atoms with E-state index in [1.165, 1.54) is 0 Å². The van der Waals surface area contributed by atoms with Gasteiger partial charge in [-0.1, -0.05) is 23.2 Å². The molecule has 1 fully saturated rings. The number of hydrogen-bond acceptors (Lipinski definition) is 4. The minimum Gasteiger partial charge on any atom is -0.382 e. The Bertz CT molecular complexity index is 604. The first kappa shape index (κ1) is 20.0. The molecule has 2 rings (SSSR count). The zero-order valence-electron chi connectivity index (χ0n) is 14.1. The Hall–Kier alpha value is -1.34. The fourth-order valence-corrected chi connectivity index (χ4v) is 3.13. The predicted octanol–water partition coefficient (Wildman–Crippen LogP) is 2.38. The van der Waals surface area contributed by atoms with Crippen molar-refractivity contribution in [3.05, 3.63) is 33.8 Å². The van der Waals surface area contributed by atoms with E-state index >= 15 is 0 Å². The molecule has 0 spiro atoms. The molecule has 0 aliphatic carbocycles. The second kappa shape index (κ2) is 9.97. The van der Waals surface area contributed by atoms with Crippen LogP contribution >= 0.6 is 23.2 Å². The molecule has 138 valence electrons. The summed E-state index contributed by atoms with van der Waals surface area (Å²) in [5.41, 5.74) is 0.445. The monoisotopic (exact) mass is 388 g/mol. The van der Waals surface area contributed by atoms with E-state index in [1.54, 1.807) is 30.2 Å². The minimum atomic E-state index is -0.151. The Morgan fingerprint density at radius 2 is 1.96 bits per heavy atom. The van der Waals surface area contributed by atoms with Crippen molar-refractivity contribution in [2.75, 3.05) is 40.0 Å². The van der Waals surface area contributed by atoms with E-state index in [9.17, 15) is 9.59 Å². The van der Waals surface area contributed by atoms with E-state index in [2.05, 4.69) is 5.32 Å². The smallest absolute Gasteiger partial charge is 0.255 e. The summed E-state index contributed by atoms with van der Waals surface area (Å²) < 4.78 is 10.0. The average Bonchev–Trinajstić information content (AvgIpc) is 2.59. The number of ether oxygens (including phenoxy) is 2. The van der Waals surface area contributed by atoms with Crippen molar-refractivity contribution >= 4 is 35.0 Å². The van der Waals surface area contributed by atoms with Gasteiger partial charge in [0.1, 0.15) is 6.61 Å². The van der Waals surface area contributed by atoms with Gasteiger partial charge >= 0.3 is 0 Å². The molecule has 6 nitrogen and oxygen atoms in total. The van der Waals surface area contributed by atoms with Crippen molar-refractivity contribution in [2.24, 2.45) is 0 Å². The van der Waals surface area contributed by atoms with Crippen LogP contribution in [0, 0.1) is 0 Å². The second-order valence-corrected chi connectivity index (χ2v) is 6.65. The third-order valence-electron chi connectivity index (χ3n) is 3.97. The van der Waals surface area contributed by atoms with Crippen LogP contribution in [0.3, 0.4) is 0 Å². The summed E-state index contributed by atoms with van der Waals surface area (Å²) in [7, 11) is 1.58. The summed E-state index contributed by atoms with van der Waals surface area (Å²) >= 11 is 12.0. The first-order chi connectivity index (χ1) is 12.0. The molecule has 1 aliphatic heterocycles. The van der Waals surface area contributed by atoms with Gasteiger partial charge in [-0.3, -0.25) is 9.59 Å². The van der Waals surface area contributed by atoms with Gasteiger partial charge in [0.15, 0.2) is 0 Å². The van der Waals surface area contributed by atoms with Gasteiger partial charge in [0.25, 0.3) is 5.91 Å². The van der Waals surface area contributed by atoms with Crippen LogP contribution in [0.1, 0.15) is 23.2 Å². The molecular weight excluding hydrogens is 367 g/mol. The number of methoxy groups -OCH3 is 1. The molecule has 0 atom stereocenters. The Kier molecular flexibility index (Phi) is 7.96. The van der Waals surface area contributed by atoms with E-state index in [-0.39, 0.29) is 24.5 Å². The summed E-state index contributed by atoms with van der Waals surface area (Å²) in [5, 5.41) is 3.77. The fourth-order valence-electron chi connectivity index (χ4n) is 2.64. The first-order valence-corrected chi connectivity index (χ1v) is 8.87. The zero-order valence-corrected chi connectivity index (χ0v) is 15.6. The molecule has 0 radical (unpaired) electrons. The number of hydrogen-bond donors (Lipinski definition) is 1. The highest BCUT2D eigenvalue weighted by atomic mass is 35.5. The summed E-state index contributed by atoms with van der Waals surface area (Å²) in [6, 6.07) is 4.89. The molecule has 0 saturated carbocycles. The molecular formula is C17H22Cl2N2O4. The van der Waals surface area contributed by atoms with Crippen molar-refractivity contribution in [2.45, 2.75) is 18.9 Å². The quantitative estimate of drug-likeness (QED) is 0.728. The highest BCUT2D eigenvalue weighted by molar-refractivity contribution is 6.36. The van der Waals surface area contributed by atoms with Crippen LogP contribution in [0.15, 0.2) is 18.2 Å². The number of carbonyl (C=O) groups is 2. The predicted molar refractivity (Wildman–Crippen MR) is 96.2 cm³/mol. The Morgan fingerprint density at radius 1 is 1.24 bits per heavy atom. The van der Waals surface area contributed by atoms with E-state index in [0.29, 0.717) is 54.8 Å². The maximum atomic E-state index is 12.5. The van der Waals surface area contributed by atoms with E-state index in [1.807, 2.05) is 0 Å². The molecule has 0 unspecified atom stereocenters. The van der Waals surface area contributed by atoms with Crippen LogP contribution in [-0.4, -0.2) is 62.8 Å². The molecule has 8 heteroatoms. The maximum absolute atomic E-state index is 12.5. The summed E-state index contributed by atoms with van der Waals surface area (Å²) in [5.74, 6) is -0.268. The number of nitrogens with one attached hydrogen (secondary N) is 1. The van der Waals surface area contributed by atoms with Gasteiger partial charge < -0.3 is 19.7 Å². The van der Waals surface area contributed by atoms with Crippen LogP contribution in [-0.2, 0) is 14.3 Å². The zero-order chi connectivity index (χ0) is 18.2. The number of benzene rings is 1. The van der Waals surface area contributed by atoms with Crippen molar-refractivity contribution in [3.8, 4) is 0 Å². The number of halogens is 2. The molecule has 1 saturated heterocycles. The Balaban J connectivity index is 1.77. The van der Waals surface area contributed by atoms with Gasteiger partial charge in [-0.15, -0.1) is 0 Å². The SMILES string of the molecule is COCCOCC(=O)NC1CCN(C(=O)c2ccc(Cl)cc2Cl)CC1. The molecule has 0 aromatic heterocycles. The lowest BCUT2D eigenvalue weighted by atomic mass is 10.0. The van der Waals surface area contributed by atoms with Crippen molar-refractivity contribution in [1.82, 2.24) is 10.2 Å². The van der Waals surface area contributed by atoms with Crippen LogP contribution in [0.2, 0.25) is 10.0 Å². The third-order valence-corrected chi connectivity index (χ3v) is 4.52. The fraction of sp³-hybridized carbons (Fsp3) is 0.529. The Morgan fingerprint density at radius 3 is 2.60 bits per heavy atom. The molecule has 1 heterocycles. The number of amides is 2. The minimum absolute atomic E-state index is 0.0168. The standard InChI is InChI=1S/C17H22Cl2N2O4/c1-24-8-9-25-11-16(22)20-13-4-6-21(7-5-13)17(23)14-3-2-12(18)10-15(14)19/h2-3,10,13H,4-9,11H2,1H3,(H,20,22). The summed E-state index contributed by atoms with van der Waals surface area (Å²) in [6.45, 7) is 1.99. The number of piperidine rings is 1. The molecule has 0 bridgehead atoms. The molecule has 1 aromatic carbocycles. The van der Waals surface area contributed by atoms with Gasteiger partial charge in [-0.25, -0.2) is 0 Å². The lowest BCUT2D eigenvalue weighted by Crippen LogP contribution is -2.47. The van der Waals surface area contributed by atoms with Crippen LogP contribution < -0.4 is 5.32 Å². The molecule has 25 heavy (non-hydrogen) atoms. The van der Waals surface area contributed by atoms with E-state index < -0.39 is 0 Å². The van der Waals surface area contributed by atoms with Crippen LogP contribution in [0.5, 0.6) is 0 Å². The average molecular weight is 389 g/mol. The topological polar surface area (TPSA) is 67.9 Å². The summed E-state index contributed by atoms with van der Waals surface area (Å²) in [6.07, 6.45) is 1.39. The van der Waals surface area contributed by atoms with Gasteiger partial charge in [0.05, 0.1) is 23.8 Å². The van der Waals surface area contributed by atoms with Crippen molar-refractivity contribution in [1.29, 1.82) is 0 Å². The van der Waals surface area contributed by atoms with Gasteiger partial charge in [0, 0.05) is 31.3 Å². The van der Waals surface area contributed by atoms with Crippen LogP contribution in [0.25, 0.3) is 0 Å². The lowest BCUT2D eigenvalue weighted by molar-refractivity contribution is -0.127. The number of nitrogens with zero attached hydrogens (tertiary/aromatic N) is 1. The highest BCUT2D eigenvalue weighted by Gasteiger charge is 2.25. The van der Waals surface area contributed by atoms with Crippen molar-refractivity contribution in [3.63, 3.8) is 0 Å². The summed E-state index contributed by atoms with van der Waals surface area (Å²) in [4.78, 5) is 26.1. The molecule has 1 aromatic rings. The van der Waals surface area contributed by atoms with E-state index in [4.69, 9.17) is 32.7 Å². The first-order valence-electron chi connectivity index (χ1n) is 8.11. The normalized spacial score (nSPS) is 15.2. The lowest BCUT2D eigenvalue weighted by Gasteiger charge is -2.32. The molecule has 1 aliphatic rings. The number of rotatable bonds is 7. The Labute approximate surface area is 157 Å².